The molecule has 1 aliphatic rings. The summed E-state index contributed by atoms with van der Waals surface area (Å²) in [6, 6.07) is 11.6. The second kappa shape index (κ2) is 7.32. The summed E-state index contributed by atoms with van der Waals surface area (Å²) in [5.74, 6) is 2.24. The van der Waals surface area contributed by atoms with E-state index in [0.29, 0.717) is 5.02 Å². The zero-order valence-electron chi connectivity index (χ0n) is 14.2. The molecule has 2 aromatic rings. The molecule has 1 heterocycles. The molecular formula is C19H22ClNO3. The standard InChI is InChI=1S/C19H22ClNO3/c1-21-8-7-13-9-17(22-2)18(23-3)11-16(13)19(12-21)24-15-6-4-5-14(20)10-15/h4-6,9-11,19H,7-8,12H2,1-3H3. The van der Waals surface area contributed by atoms with Crippen LogP contribution >= 0.6 is 11.6 Å². The van der Waals surface area contributed by atoms with Crippen LogP contribution in [-0.2, 0) is 6.42 Å². The third kappa shape index (κ3) is 3.60. The molecule has 0 aliphatic carbocycles. The van der Waals surface area contributed by atoms with Crippen LogP contribution in [0.1, 0.15) is 17.2 Å². The minimum Gasteiger partial charge on any atom is -0.493 e. The van der Waals surface area contributed by atoms with Gasteiger partial charge in [-0.1, -0.05) is 17.7 Å². The van der Waals surface area contributed by atoms with E-state index >= 15 is 0 Å². The van der Waals surface area contributed by atoms with Crippen molar-refractivity contribution in [1.82, 2.24) is 4.90 Å². The molecule has 0 radical (unpaired) electrons. The van der Waals surface area contributed by atoms with Crippen molar-refractivity contribution in [3.63, 3.8) is 0 Å². The number of halogens is 1. The summed E-state index contributed by atoms with van der Waals surface area (Å²) in [5, 5.41) is 0.669. The number of methoxy groups -OCH3 is 2. The molecule has 5 heteroatoms. The van der Waals surface area contributed by atoms with Crippen molar-refractivity contribution in [2.45, 2.75) is 12.5 Å². The third-order valence-electron chi connectivity index (χ3n) is 4.31. The number of hydrogen-bond acceptors (Lipinski definition) is 4. The molecule has 2 aromatic carbocycles. The SMILES string of the molecule is COc1cc2c(cc1OC)C(Oc1cccc(Cl)c1)CN(C)CC2. The number of benzene rings is 2. The van der Waals surface area contributed by atoms with Crippen molar-refractivity contribution >= 4 is 11.6 Å². The van der Waals surface area contributed by atoms with Crippen molar-refractivity contribution < 1.29 is 14.2 Å². The van der Waals surface area contributed by atoms with E-state index in [1.165, 1.54) is 5.56 Å². The Labute approximate surface area is 147 Å². The lowest BCUT2D eigenvalue weighted by molar-refractivity contribution is 0.156. The van der Waals surface area contributed by atoms with E-state index in [0.717, 1.165) is 42.3 Å². The molecule has 0 fully saturated rings. The number of fused-ring (bicyclic) bond motifs is 1. The first-order valence-electron chi connectivity index (χ1n) is 7.96. The summed E-state index contributed by atoms with van der Waals surface area (Å²) < 4.78 is 17.2. The number of rotatable bonds is 4. The van der Waals surface area contributed by atoms with Crippen molar-refractivity contribution in [3.05, 3.63) is 52.5 Å². The predicted octanol–water partition coefficient (Wildman–Crippen LogP) is 3.97. The van der Waals surface area contributed by atoms with Crippen LogP contribution in [-0.4, -0.2) is 39.3 Å². The monoisotopic (exact) mass is 347 g/mol. The maximum absolute atomic E-state index is 6.26. The molecule has 0 N–H and O–H groups in total. The molecule has 1 unspecified atom stereocenters. The fourth-order valence-electron chi connectivity index (χ4n) is 3.04. The molecule has 3 rings (SSSR count). The van der Waals surface area contributed by atoms with Crippen LogP contribution in [0.3, 0.4) is 0 Å². The van der Waals surface area contributed by atoms with E-state index in [1.807, 2.05) is 30.3 Å². The highest BCUT2D eigenvalue weighted by Gasteiger charge is 2.25. The molecular weight excluding hydrogens is 326 g/mol. The average Bonchev–Trinajstić information content (AvgIpc) is 2.72. The number of hydrogen-bond donors (Lipinski definition) is 0. The molecule has 1 atom stereocenters. The molecule has 0 bridgehead atoms. The Balaban J connectivity index is 1.99. The van der Waals surface area contributed by atoms with E-state index in [9.17, 15) is 0 Å². The van der Waals surface area contributed by atoms with Gasteiger partial charge >= 0.3 is 0 Å². The second-order valence-electron chi connectivity index (χ2n) is 5.98. The summed E-state index contributed by atoms with van der Waals surface area (Å²) in [6.07, 6.45) is 0.854. The predicted molar refractivity (Wildman–Crippen MR) is 95.6 cm³/mol. The van der Waals surface area contributed by atoms with Crippen LogP contribution in [0.25, 0.3) is 0 Å². The van der Waals surface area contributed by atoms with Crippen LogP contribution in [0.15, 0.2) is 36.4 Å². The third-order valence-corrected chi connectivity index (χ3v) is 4.54. The first-order chi connectivity index (χ1) is 11.6. The Bertz CT molecular complexity index is 720. The molecule has 128 valence electrons. The molecule has 0 amide bonds. The highest BCUT2D eigenvalue weighted by Crippen LogP contribution is 2.37. The van der Waals surface area contributed by atoms with Crippen molar-refractivity contribution in [1.29, 1.82) is 0 Å². The molecule has 0 saturated carbocycles. The van der Waals surface area contributed by atoms with Gasteiger partial charge in [-0.15, -0.1) is 0 Å². The smallest absolute Gasteiger partial charge is 0.161 e. The van der Waals surface area contributed by atoms with Crippen LogP contribution in [0.4, 0.5) is 0 Å². The summed E-state index contributed by atoms with van der Waals surface area (Å²) in [6.45, 7) is 1.77. The van der Waals surface area contributed by atoms with Crippen LogP contribution < -0.4 is 14.2 Å². The maximum atomic E-state index is 6.26. The lowest BCUT2D eigenvalue weighted by Crippen LogP contribution is -2.26. The van der Waals surface area contributed by atoms with E-state index in [2.05, 4.69) is 18.0 Å². The van der Waals surface area contributed by atoms with Crippen LogP contribution in [0.5, 0.6) is 17.2 Å². The van der Waals surface area contributed by atoms with Crippen molar-refractivity contribution in [3.8, 4) is 17.2 Å². The average molecular weight is 348 g/mol. The van der Waals surface area contributed by atoms with E-state index in [4.69, 9.17) is 25.8 Å². The van der Waals surface area contributed by atoms with Gasteiger partial charge in [-0.2, -0.15) is 0 Å². The quantitative estimate of drug-likeness (QED) is 0.837. The van der Waals surface area contributed by atoms with Gasteiger partial charge in [-0.3, -0.25) is 0 Å². The number of ether oxygens (including phenoxy) is 3. The minimum absolute atomic E-state index is 0.0919. The molecule has 0 aromatic heterocycles. The largest absolute Gasteiger partial charge is 0.493 e. The zero-order valence-corrected chi connectivity index (χ0v) is 15.0. The van der Waals surface area contributed by atoms with E-state index in [-0.39, 0.29) is 6.10 Å². The second-order valence-corrected chi connectivity index (χ2v) is 6.42. The maximum Gasteiger partial charge on any atom is 0.161 e. The minimum atomic E-state index is -0.0919. The molecule has 24 heavy (non-hydrogen) atoms. The van der Waals surface area contributed by atoms with Gasteiger partial charge in [0.1, 0.15) is 11.9 Å². The Hall–Kier alpha value is -1.91. The van der Waals surface area contributed by atoms with Crippen LogP contribution in [0, 0.1) is 0 Å². The fourth-order valence-corrected chi connectivity index (χ4v) is 3.22. The van der Waals surface area contributed by atoms with Gasteiger partial charge in [0.15, 0.2) is 11.5 Å². The summed E-state index contributed by atoms with van der Waals surface area (Å²) in [5.41, 5.74) is 2.36. The topological polar surface area (TPSA) is 30.9 Å². The molecule has 0 spiro atoms. The highest BCUT2D eigenvalue weighted by molar-refractivity contribution is 6.30. The van der Waals surface area contributed by atoms with Crippen molar-refractivity contribution in [2.24, 2.45) is 0 Å². The summed E-state index contributed by atoms with van der Waals surface area (Å²) in [7, 11) is 5.42. The highest BCUT2D eigenvalue weighted by atomic mass is 35.5. The van der Waals surface area contributed by atoms with E-state index < -0.39 is 0 Å². The number of nitrogens with zero attached hydrogens (tertiary/aromatic N) is 1. The normalized spacial score (nSPS) is 17.8. The van der Waals surface area contributed by atoms with E-state index in [1.54, 1.807) is 14.2 Å². The molecule has 4 nitrogen and oxygen atoms in total. The van der Waals surface area contributed by atoms with Crippen LogP contribution in [0.2, 0.25) is 5.02 Å². The Kier molecular flexibility index (Phi) is 5.17. The summed E-state index contributed by atoms with van der Waals surface area (Å²) >= 11 is 6.08. The first-order valence-corrected chi connectivity index (χ1v) is 8.34. The Morgan fingerprint density at radius 2 is 1.83 bits per heavy atom. The van der Waals surface area contributed by atoms with Gasteiger partial charge in [0.2, 0.25) is 0 Å². The van der Waals surface area contributed by atoms with Gasteiger partial charge in [-0.25, -0.2) is 0 Å². The molecule has 1 aliphatic heterocycles. The van der Waals surface area contributed by atoms with Gasteiger partial charge in [0, 0.05) is 23.7 Å². The lowest BCUT2D eigenvalue weighted by atomic mass is 10.00. The fraction of sp³-hybridized carbons (Fsp3) is 0.368. The van der Waals surface area contributed by atoms with Gasteiger partial charge in [0.05, 0.1) is 14.2 Å². The number of likely N-dealkylation sites (N-methyl/N-ethyl adjacent to an activating group) is 1. The lowest BCUT2D eigenvalue weighted by Gasteiger charge is -2.23. The van der Waals surface area contributed by atoms with Gasteiger partial charge < -0.3 is 19.1 Å². The zero-order chi connectivity index (χ0) is 17.1. The van der Waals surface area contributed by atoms with Gasteiger partial charge in [0.25, 0.3) is 0 Å². The van der Waals surface area contributed by atoms with Gasteiger partial charge in [-0.05, 0) is 49.4 Å². The molecule has 0 saturated heterocycles. The first kappa shape index (κ1) is 16.9. The Morgan fingerprint density at radius 3 is 2.54 bits per heavy atom. The van der Waals surface area contributed by atoms with Crippen molar-refractivity contribution in [2.75, 3.05) is 34.4 Å². The summed E-state index contributed by atoms with van der Waals surface area (Å²) in [4.78, 5) is 2.27. The Morgan fingerprint density at radius 1 is 1.08 bits per heavy atom.